The van der Waals surface area contributed by atoms with Gasteiger partial charge in [0.1, 0.15) is 11.6 Å². The van der Waals surface area contributed by atoms with E-state index in [-0.39, 0.29) is 29.1 Å². The molecule has 0 saturated carbocycles. The molecule has 0 radical (unpaired) electrons. The first-order chi connectivity index (χ1) is 15.2. The number of halogens is 4. The highest BCUT2D eigenvalue weighted by atomic mass is 19.4. The second-order valence-corrected chi connectivity index (χ2v) is 6.68. The molecule has 0 saturated heterocycles. The quantitative estimate of drug-likeness (QED) is 0.486. The summed E-state index contributed by atoms with van der Waals surface area (Å²) >= 11 is 0. The van der Waals surface area contributed by atoms with Crippen LogP contribution >= 0.6 is 0 Å². The van der Waals surface area contributed by atoms with Crippen molar-refractivity contribution in [2.24, 2.45) is 0 Å². The summed E-state index contributed by atoms with van der Waals surface area (Å²) in [6.07, 6.45) is -4.49. The molecule has 2 amide bonds. The van der Waals surface area contributed by atoms with E-state index in [0.29, 0.717) is 6.20 Å². The van der Waals surface area contributed by atoms with E-state index in [2.05, 4.69) is 20.9 Å². The number of pyridine rings is 1. The average Bonchev–Trinajstić information content (AvgIpc) is 2.74. The monoisotopic (exact) mass is 446 g/mol. The van der Waals surface area contributed by atoms with Crippen molar-refractivity contribution in [1.29, 1.82) is 0 Å². The third kappa shape index (κ3) is 5.39. The first-order valence-electron chi connectivity index (χ1n) is 9.37. The summed E-state index contributed by atoms with van der Waals surface area (Å²) in [5.74, 6) is -1.89. The molecule has 1 heterocycles. The Morgan fingerprint density at radius 1 is 1.00 bits per heavy atom. The van der Waals surface area contributed by atoms with Gasteiger partial charge >= 0.3 is 6.18 Å². The molecule has 0 fully saturated rings. The number of carbonyl (C=O) groups is 2. The van der Waals surface area contributed by atoms with Crippen molar-refractivity contribution in [3.05, 3.63) is 83.3 Å². The predicted octanol–water partition coefficient (Wildman–Crippen LogP) is 4.52. The molecule has 0 aliphatic rings. The highest BCUT2D eigenvalue weighted by molar-refractivity contribution is 6.00. The Kier molecular flexibility index (Phi) is 6.72. The number of nitrogens with zero attached hydrogens (tertiary/aromatic N) is 1. The van der Waals surface area contributed by atoms with Gasteiger partial charge < -0.3 is 16.0 Å². The van der Waals surface area contributed by atoms with Gasteiger partial charge in [-0.1, -0.05) is 30.3 Å². The largest absolute Gasteiger partial charge is 0.419 e. The van der Waals surface area contributed by atoms with Gasteiger partial charge in [0, 0.05) is 19.3 Å². The summed E-state index contributed by atoms with van der Waals surface area (Å²) in [6, 6.07) is 12.7. The van der Waals surface area contributed by atoms with Gasteiger partial charge in [-0.15, -0.1) is 0 Å². The van der Waals surface area contributed by atoms with Crippen LogP contribution in [0.1, 0.15) is 21.5 Å². The molecule has 0 unspecified atom stereocenters. The Hall–Kier alpha value is -3.95. The Morgan fingerprint density at radius 3 is 2.38 bits per heavy atom. The fourth-order valence-electron chi connectivity index (χ4n) is 2.92. The number of rotatable bonds is 6. The number of amides is 2. The highest BCUT2D eigenvalue weighted by Crippen LogP contribution is 2.37. The zero-order valence-electron chi connectivity index (χ0n) is 16.8. The molecule has 6 nitrogen and oxygen atoms in total. The minimum Gasteiger partial charge on any atom is -0.355 e. The van der Waals surface area contributed by atoms with E-state index >= 15 is 0 Å². The molecule has 166 valence electrons. The van der Waals surface area contributed by atoms with Crippen molar-refractivity contribution in [2.45, 2.75) is 12.6 Å². The van der Waals surface area contributed by atoms with Crippen LogP contribution in [-0.4, -0.2) is 23.8 Å². The number of nitrogens with one attached hydrogen (secondary N) is 3. The van der Waals surface area contributed by atoms with Gasteiger partial charge in [-0.2, -0.15) is 13.2 Å². The van der Waals surface area contributed by atoms with E-state index in [1.54, 1.807) is 18.2 Å². The number of alkyl halides is 3. The van der Waals surface area contributed by atoms with Gasteiger partial charge in [0.2, 0.25) is 5.91 Å². The van der Waals surface area contributed by atoms with E-state index in [1.165, 1.54) is 37.4 Å². The first kappa shape index (κ1) is 22.7. The van der Waals surface area contributed by atoms with Crippen LogP contribution in [0.5, 0.6) is 0 Å². The van der Waals surface area contributed by atoms with Gasteiger partial charge in [-0.25, -0.2) is 9.37 Å². The normalized spacial score (nSPS) is 11.0. The number of aromatic nitrogens is 1. The predicted molar refractivity (Wildman–Crippen MR) is 111 cm³/mol. The highest BCUT2D eigenvalue weighted by Gasteiger charge is 2.34. The van der Waals surface area contributed by atoms with Crippen LogP contribution in [0, 0.1) is 5.82 Å². The molecule has 0 aliphatic carbocycles. The van der Waals surface area contributed by atoms with E-state index in [1.807, 2.05) is 0 Å². The molecular weight excluding hydrogens is 428 g/mol. The lowest BCUT2D eigenvalue weighted by Gasteiger charge is -2.17. The first-order valence-corrected chi connectivity index (χ1v) is 9.37. The fourth-order valence-corrected chi connectivity index (χ4v) is 2.92. The van der Waals surface area contributed by atoms with Gasteiger partial charge in [-0.3, -0.25) is 9.59 Å². The second kappa shape index (κ2) is 9.46. The molecule has 32 heavy (non-hydrogen) atoms. The number of anilines is 3. The summed E-state index contributed by atoms with van der Waals surface area (Å²) < 4.78 is 54.3. The molecule has 3 aromatic rings. The minimum absolute atomic E-state index is 0.130. The smallest absolute Gasteiger partial charge is 0.355 e. The maximum absolute atomic E-state index is 13.7. The van der Waals surface area contributed by atoms with Crippen LogP contribution in [0.25, 0.3) is 0 Å². The molecule has 3 N–H and O–H groups in total. The maximum Gasteiger partial charge on any atom is 0.419 e. The molecule has 10 heteroatoms. The van der Waals surface area contributed by atoms with E-state index < -0.39 is 35.1 Å². The second-order valence-electron chi connectivity index (χ2n) is 6.68. The Balaban J connectivity index is 1.90. The molecule has 1 aromatic heterocycles. The lowest BCUT2D eigenvalue weighted by molar-refractivity contribution is -0.137. The lowest BCUT2D eigenvalue weighted by atomic mass is 10.1. The van der Waals surface area contributed by atoms with Crippen LogP contribution < -0.4 is 16.0 Å². The number of benzene rings is 2. The van der Waals surface area contributed by atoms with Crippen LogP contribution in [0.3, 0.4) is 0 Å². The van der Waals surface area contributed by atoms with E-state index in [9.17, 15) is 27.2 Å². The molecule has 0 bridgehead atoms. The minimum atomic E-state index is -4.74. The molecule has 3 rings (SSSR count). The summed E-state index contributed by atoms with van der Waals surface area (Å²) in [5.41, 5.74) is -1.10. The fraction of sp³-hybridized carbons (Fsp3) is 0.136. The molecule has 0 spiro atoms. The topological polar surface area (TPSA) is 83.1 Å². The van der Waals surface area contributed by atoms with Crippen LogP contribution in [0.15, 0.2) is 60.8 Å². The lowest BCUT2D eigenvalue weighted by Crippen LogP contribution is -2.20. The maximum atomic E-state index is 13.7. The molecule has 0 atom stereocenters. The van der Waals surface area contributed by atoms with Crippen molar-refractivity contribution in [1.82, 2.24) is 10.3 Å². The zero-order valence-corrected chi connectivity index (χ0v) is 16.8. The number of carbonyl (C=O) groups excluding carboxylic acids is 2. The van der Waals surface area contributed by atoms with E-state index in [0.717, 1.165) is 6.07 Å². The van der Waals surface area contributed by atoms with Crippen molar-refractivity contribution in [2.75, 3.05) is 17.7 Å². The van der Waals surface area contributed by atoms with Crippen molar-refractivity contribution in [3.8, 4) is 0 Å². The number of hydrogen-bond donors (Lipinski definition) is 3. The molecular formula is C22H18F4N4O2. The number of hydrogen-bond acceptors (Lipinski definition) is 4. The van der Waals surface area contributed by atoms with Gasteiger partial charge in [0.25, 0.3) is 5.91 Å². The Bertz CT molecular complexity index is 1150. The Labute approximate surface area is 180 Å². The van der Waals surface area contributed by atoms with Crippen LogP contribution in [0.2, 0.25) is 0 Å². The molecule has 2 aromatic carbocycles. The zero-order chi connectivity index (χ0) is 23.3. The Morgan fingerprint density at radius 2 is 1.69 bits per heavy atom. The number of para-hydroxylation sites is 1. The van der Waals surface area contributed by atoms with Crippen molar-refractivity contribution >= 4 is 29.0 Å². The SMILES string of the molecule is CNC(=O)c1ccccc1Nc1cc(NC(=O)Cc2ccccc2F)ncc1C(F)(F)F. The third-order valence-corrected chi connectivity index (χ3v) is 4.45. The van der Waals surface area contributed by atoms with Gasteiger partial charge in [0.05, 0.1) is 28.9 Å². The summed E-state index contributed by atoms with van der Waals surface area (Å²) in [4.78, 5) is 28.0. The standard InChI is InChI=1S/C22H18F4N4O2/c1-27-21(32)14-7-3-5-9-17(14)29-18-11-19(28-12-15(18)22(24,25)26)30-20(31)10-13-6-2-4-8-16(13)23/h2-9,11-12H,10H2,1H3,(H,27,32)(H2,28,29,30,31). The van der Waals surface area contributed by atoms with Crippen LogP contribution in [0.4, 0.5) is 34.8 Å². The summed E-state index contributed by atoms with van der Waals surface area (Å²) in [5, 5.41) is 7.39. The average molecular weight is 446 g/mol. The van der Waals surface area contributed by atoms with Crippen molar-refractivity contribution in [3.63, 3.8) is 0 Å². The summed E-state index contributed by atoms with van der Waals surface area (Å²) in [7, 11) is 1.40. The van der Waals surface area contributed by atoms with E-state index in [4.69, 9.17) is 0 Å². The van der Waals surface area contributed by atoms with Gasteiger partial charge in [-0.05, 0) is 23.8 Å². The van der Waals surface area contributed by atoms with Crippen molar-refractivity contribution < 1.29 is 27.2 Å². The molecule has 0 aliphatic heterocycles. The van der Waals surface area contributed by atoms with Crippen LogP contribution in [-0.2, 0) is 17.4 Å². The third-order valence-electron chi connectivity index (χ3n) is 4.45. The van der Waals surface area contributed by atoms with Gasteiger partial charge in [0.15, 0.2) is 0 Å². The summed E-state index contributed by atoms with van der Waals surface area (Å²) in [6.45, 7) is 0.